The maximum Gasteiger partial charge on any atom is 0.258 e. The number of amides is 2. The second-order valence-electron chi connectivity index (χ2n) is 7.13. The molecule has 0 atom stereocenters. The fourth-order valence-electron chi connectivity index (χ4n) is 3.62. The Kier molecular flexibility index (Phi) is 4.84. The summed E-state index contributed by atoms with van der Waals surface area (Å²) in [5.41, 5.74) is 0.0475. The normalized spacial score (nSPS) is 19.3. The van der Waals surface area contributed by atoms with E-state index in [9.17, 15) is 9.59 Å². The van der Waals surface area contributed by atoms with Gasteiger partial charge in [0.25, 0.3) is 5.91 Å². The summed E-state index contributed by atoms with van der Waals surface area (Å²) >= 11 is 1.35. The van der Waals surface area contributed by atoms with Crippen LogP contribution < -0.4 is 10.1 Å². The largest absolute Gasteiger partial charge is 0.484 e. The van der Waals surface area contributed by atoms with Gasteiger partial charge in [-0.05, 0) is 19.2 Å². The highest BCUT2D eigenvalue weighted by Crippen LogP contribution is 2.35. The summed E-state index contributed by atoms with van der Waals surface area (Å²) in [4.78, 5) is 33.5. The third-order valence-electron chi connectivity index (χ3n) is 5.12. The van der Waals surface area contributed by atoms with E-state index in [4.69, 9.17) is 4.74 Å². The number of piperidine rings is 1. The maximum atomic E-state index is 13.1. The number of hydrogen-bond acceptors (Lipinski definition) is 6. The summed E-state index contributed by atoms with van der Waals surface area (Å²) in [5.74, 6) is 0.186. The Morgan fingerprint density at radius 1 is 1.33 bits per heavy atom. The quantitative estimate of drug-likeness (QED) is 0.874. The zero-order valence-corrected chi connectivity index (χ0v) is 16.0. The fourth-order valence-corrected chi connectivity index (χ4v) is 4.16. The maximum absolute atomic E-state index is 13.1. The molecule has 0 bridgehead atoms. The molecule has 0 saturated carbocycles. The van der Waals surface area contributed by atoms with Crippen LogP contribution >= 0.6 is 11.3 Å². The van der Waals surface area contributed by atoms with Crippen molar-refractivity contribution in [2.75, 3.05) is 38.5 Å². The van der Waals surface area contributed by atoms with E-state index in [0.29, 0.717) is 23.0 Å². The number of carbonyl (C=O) groups excluding carboxylic acids is 2. The molecule has 0 unspecified atom stereocenters. The van der Waals surface area contributed by atoms with E-state index >= 15 is 0 Å². The van der Waals surface area contributed by atoms with Crippen molar-refractivity contribution in [1.82, 2.24) is 14.8 Å². The van der Waals surface area contributed by atoms with Crippen LogP contribution in [0.1, 0.15) is 23.2 Å². The van der Waals surface area contributed by atoms with Gasteiger partial charge in [0.05, 0.1) is 12.1 Å². The molecular weight excluding hydrogens is 364 g/mol. The minimum absolute atomic E-state index is 0.0201. The number of thiazole rings is 1. The monoisotopic (exact) mass is 386 g/mol. The van der Waals surface area contributed by atoms with Crippen molar-refractivity contribution in [1.29, 1.82) is 0 Å². The highest BCUT2D eigenvalue weighted by atomic mass is 32.1. The Balaban J connectivity index is 1.59. The number of ether oxygens (including phenoxy) is 1. The second kappa shape index (κ2) is 7.28. The number of likely N-dealkylation sites (tertiary alicyclic amines) is 1. The van der Waals surface area contributed by atoms with Gasteiger partial charge in [0.2, 0.25) is 5.91 Å². The molecule has 8 heteroatoms. The Morgan fingerprint density at radius 2 is 2.11 bits per heavy atom. The topological polar surface area (TPSA) is 74.8 Å². The standard InChI is InChI=1S/C19H22N4O3S/c1-22-9-6-19(7-10-22)13-23(12-16(24)21-18-20-8-11-27-18)17(25)14-4-2-3-5-15(14)26-19/h2-5,8,11H,6-7,9-10,12-13H2,1H3,(H,20,21,24). The van der Waals surface area contributed by atoms with Gasteiger partial charge >= 0.3 is 0 Å². The molecule has 0 radical (unpaired) electrons. The number of para-hydroxylation sites is 1. The predicted molar refractivity (Wildman–Crippen MR) is 103 cm³/mol. The first-order chi connectivity index (χ1) is 13.0. The van der Waals surface area contributed by atoms with E-state index in [1.807, 2.05) is 18.2 Å². The number of nitrogens with zero attached hydrogens (tertiary/aromatic N) is 3. The average Bonchev–Trinajstić information content (AvgIpc) is 3.13. The second-order valence-corrected chi connectivity index (χ2v) is 8.03. The third-order valence-corrected chi connectivity index (χ3v) is 5.81. The molecule has 27 heavy (non-hydrogen) atoms. The van der Waals surface area contributed by atoms with E-state index in [1.165, 1.54) is 11.3 Å². The molecule has 1 spiro atoms. The number of rotatable bonds is 3. The molecule has 2 aromatic rings. The van der Waals surface area contributed by atoms with E-state index in [0.717, 1.165) is 25.9 Å². The lowest BCUT2D eigenvalue weighted by atomic mass is 9.90. The number of benzene rings is 1. The van der Waals surface area contributed by atoms with Gasteiger partial charge in [-0.15, -0.1) is 11.3 Å². The van der Waals surface area contributed by atoms with Crippen molar-refractivity contribution < 1.29 is 14.3 Å². The highest BCUT2D eigenvalue weighted by molar-refractivity contribution is 7.13. The molecule has 0 aliphatic carbocycles. The molecule has 2 aliphatic heterocycles. The van der Waals surface area contributed by atoms with Crippen molar-refractivity contribution in [2.24, 2.45) is 0 Å². The van der Waals surface area contributed by atoms with Crippen LogP contribution in [0.5, 0.6) is 5.75 Å². The van der Waals surface area contributed by atoms with Gasteiger partial charge in [0, 0.05) is 37.5 Å². The van der Waals surface area contributed by atoms with Crippen molar-refractivity contribution >= 4 is 28.3 Å². The van der Waals surface area contributed by atoms with E-state index in [2.05, 4.69) is 22.2 Å². The molecule has 1 fully saturated rings. The van der Waals surface area contributed by atoms with Gasteiger partial charge in [-0.1, -0.05) is 12.1 Å². The Bertz CT molecular complexity index is 831. The zero-order chi connectivity index (χ0) is 18.9. The molecule has 1 saturated heterocycles. The van der Waals surface area contributed by atoms with Gasteiger partial charge in [0.1, 0.15) is 17.9 Å². The molecule has 142 valence electrons. The summed E-state index contributed by atoms with van der Waals surface area (Å²) in [7, 11) is 2.09. The minimum atomic E-state index is -0.462. The van der Waals surface area contributed by atoms with E-state index in [1.54, 1.807) is 22.5 Å². The van der Waals surface area contributed by atoms with Gasteiger partial charge in [-0.2, -0.15) is 0 Å². The van der Waals surface area contributed by atoms with Crippen molar-refractivity contribution in [3.8, 4) is 5.75 Å². The van der Waals surface area contributed by atoms with Gasteiger partial charge < -0.3 is 19.9 Å². The third kappa shape index (κ3) is 3.81. The highest BCUT2D eigenvalue weighted by Gasteiger charge is 2.42. The number of fused-ring (bicyclic) bond motifs is 1. The Labute approximate surface area is 161 Å². The van der Waals surface area contributed by atoms with Crippen LogP contribution in [0.4, 0.5) is 5.13 Å². The average molecular weight is 386 g/mol. The fraction of sp³-hybridized carbons (Fsp3) is 0.421. The molecule has 1 aromatic heterocycles. The Hall–Kier alpha value is -2.45. The molecule has 3 heterocycles. The lowest BCUT2D eigenvalue weighted by Crippen LogP contribution is -2.54. The number of nitrogens with one attached hydrogen (secondary N) is 1. The first-order valence-corrected chi connectivity index (χ1v) is 9.88. The molecule has 2 aliphatic rings. The van der Waals surface area contributed by atoms with Crippen LogP contribution in [0.25, 0.3) is 0 Å². The smallest absolute Gasteiger partial charge is 0.258 e. The molecule has 2 amide bonds. The summed E-state index contributed by atoms with van der Waals surface area (Å²) in [6.45, 7) is 2.18. The van der Waals surface area contributed by atoms with E-state index in [-0.39, 0.29) is 18.4 Å². The van der Waals surface area contributed by atoms with Gasteiger partial charge in [0.15, 0.2) is 5.13 Å². The summed E-state index contributed by atoms with van der Waals surface area (Å²) in [5, 5.41) is 5.09. The first-order valence-electron chi connectivity index (χ1n) is 9.00. The molecule has 4 rings (SSSR count). The SMILES string of the molecule is CN1CCC2(CC1)CN(CC(=O)Nc1nccs1)C(=O)c1ccccc1O2. The van der Waals surface area contributed by atoms with Crippen molar-refractivity contribution in [3.05, 3.63) is 41.4 Å². The van der Waals surface area contributed by atoms with Crippen molar-refractivity contribution in [3.63, 3.8) is 0 Å². The van der Waals surface area contributed by atoms with Crippen LogP contribution in [0, 0.1) is 0 Å². The van der Waals surface area contributed by atoms with Gasteiger partial charge in [-0.3, -0.25) is 9.59 Å². The molecule has 7 nitrogen and oxygen atoms in total. The lowest BCUT2D eigenvalue weighted by Gasteiger charge is -2.41. The lowest BCUT2D eigenvalue weighted by molar-refractivity contribution is -0.117. The molecule has 1 N–H and O–H groups in total. The summed E-state index contributed by atoms with van der Waals surface area (Å²) in [6, 6.07) is 7.30. The number of carbonyl (C=O) groups is 2. The van der Waals surface area contributed by atoms with E-state index < -0.39 is 5.60 Å². The van der Waals surface area contributed by atoms with Crippen LogP contribution in [0.2, 0.25) is 0 Å². The molecule has 1 aromatic carbocycles. The van der Waals surface area contributed by atoms with Crippen LogP contribution in [-0.2, 0) is 4.79 Å². The first kappa shape index (κ1) is 17.9. The summed E-state index contributed by atoms with van der Waals surface area (Å²) < 4.78 is 6.39. The predicted octanol–water partition coefficient (Wildman–Crippen LogP) is 2.08. The zero-order valence-electron chi connectivity index (χ0n) is 15.2. The number of hydrogen-bond donors (Lipinski definition) is 1. The van der Waals surface area contributed by atoms with Crippen LogP contribution in [0.15, 0.2) is 35.8 Å². The number of aromatic nitrogens is 1. The van der Waals surface area contributed by atoms with Crippen LogP contribution in [0.3, 0.4) is 0 Å². The Morgan fingerprint density at radius 3 is 2.85 bits per heavy atom. The van der Waals surface area contributed by atoms with Gasteiger partial charge in [-0.25, -0.2) is 4.98 Å². The van der Waals surface area contributed by atoms with Crippen LogP contribution in [-0.4, -0.2) is 65.4 Å². The molecular formula is C19H22N4O3S. The minimum Gasteiger partial charge on any atom is -0.484 e. The summed E-state index contributed by atoms with van der Waals surface area (Å²) in [6.07, 6.45) is 3.26. The van der Waals surface area contributed by atoms with Crippen molar-refractivity contribution in [2.45, 2.75) is 18.4 Å². The number of anilines is 1.